The lowest BCUT2D eigenvalue weighted by Gasteiger charge is -2.34. The zero-order chi connectivity index (χ0) is 17.2. The number of amides is 1. The molecule has 25 heavy (non-hydrogen) atoms. The number of hydrogen-bond acceptors (Lipinski definition) is 4. The van der Waals surface area contributed by atoms with Gasteiger partial charge < -0.3 is 4.90 Å². The Morgan fingerprint density at radius 1 is 1.04 bits per heavy atom. The largest absolute Gasteiger partial charge is 0.336 e. The Morgan fingerprint density at radius 3 is 2.52 bits per heavy atom. The van der Waals surface area contributed by atoms with Crippen molar-refractivity contribution in [2.24, 2.45) is 0 Å². The minimum absolute atomic E-state index is 0.151. The molecule has 128 valence electrons. The van der Waals surface area contributed by atoms with Gasteiger partial charge in [0, 0.05) is 31.7 Å². The van der Waals surface area contributed by atoms with E-state index in [2.05, 4.69) is 23.1 Å². The third kappa shape index (κ3) is 3.43. The summed E-state index contributed by atoms with van der Waals surface area (Å²) < 4.78 is 1.24. The number of carbonyl (C=O) groups is 1. The van der Waals surface area contributed by atoms with Crippen LogP contribution in [0.4, 0.5) is 0 Å². The summed E-state index contributed by atoms with van der Waals surface area (Å²) >= 11 is 1.76. The fourth-order valence-electron chi connectivity index (χ4n) is 3.27. The maximum Gasteiger partial charge on any atom is 0.254 e. The first kappa shape index (κ1) is 16.2. The van der Waals surface area contributed by atoms with Gasteiger partial charge in [0.05, 0.1) is 16.8 Å². The number of aromatic nitrogens is 1. The van der Waals surface area contributed by atoms with Gasteiger partial charge in [-0.25, -0.2) is 4.98 Å². The molecule has 3 aromatic rings. The molecule has 2 heterocycles. The molecule has 1 amide bonds. The third-order valence-electron chi connectivity index (χ3n) is 4.73. The van der Waals surface area contributed by atoms with E-state index in [1.54, 1.807) is 11.3 Å². The van der Waals surface area contributed by atoms with E-state index < -0.39 is 0 Å². The number of thiazole rings is 1. The molecule has 0 unspecified atom stereocenters. The molecule has 1 aliphatic rings. The van der Waals surface area contributed by atoms with Gasteiger partial charge >= 0.3 is 0 Å². The number of benzene rings is 2. The number of aryl methyl sites for hydroxylation is 1. The van der Waals surface area contributed by atoms with Gasteiger partial charge in [-0.1, -0.05) is 30.3 Å². The van der Waals surface area contributed by atoms with Gasteiger partial charge in [-0.2, -0.15) is 0 Å². The van der Waals surface area contributed by atoms with Crippen molar-refractivity contribution in [1.82, 2.24) is 14.8 Å². The van der Waals surface area contributed by atoms with Crippen LogP contribution < -0.4 is 0 Å². The van der Waals surface area contributed by atoms with E-state index in [4.69, 9.17) is 4.98 Å². The van der Waals surface area contributed by atoms with Crippen LogP contribution in [-0.4, -0.2) is 46.9 Å². The summed E-state index contributed by atoms with van der Waals surface area (Å²) in [5.74, 6) is 0.151. The molecule has 1 aliphatic heterocycles. The summed E-state index contributed by atoms with van der Waals surface area (Å²) in [7, 11) is 0. The highest BCUT2D eigenvalue weighted by molar-refractivity contribution is 7.18. The second-order valence-corrected chi connectivity index (χ2v) is 7.57. The molecule has 0 N–H and O–H groups in total. The third-order valence-corrected chi connectivity index (χ3v) is 5.75. The van der Waals surface area contributed by atoms with Gasteiger partial charge in [0.25, 0.3) is 5.91 Å². The van der Waals surface area contributed by atoms with Crippen LogP contribution in [0.1, 0.15) is 20.9 Å². The number of para-hydroxylation sites is 1. The highest BCUT2D eigenvalue weighted by atomic mass is 32.1. The van der Waals surface area contributed by atoms with Crippen LogP contribution in [0.2, 0.25) is 0 Å². The summed E-state index contributed by atoms with van der Waals surface area (Å²) in [6.45, 7) is 6.21. The van der Waals surface area contributed by atoms with Crippen LogP contribution >= 0.6 is 11.3 Å². The van der Waals surface area contributed by atoms with Crippen molar-refractivity contribution in [3.8, 4) is 0 Å². The van der Waals surface area contributed by atoms with Crippen LogP contribution in [0, 0.1) is 6.92 Å². The second kappa shape index (κ2) is 6.94. The Labute approximate surface area is 151 Å². The highest BCUT2D eigenvalue weighted by Gasteiger charge is 2.23. The number of piperazine rings is 1. The molecule has 1 aromatic heterocycles. The average molecular weight is 351 g/mol. The average Bonchev–Trinajstić information content (AvgIpc) is 3.04. The Bertz CT molecular complexity index is 864. The summed E-state index contributed by atoms with van der Waals surface area (Å²) in [6, 6.07) is 16.1. The van der Waals surface area contributed by atoms with Gasteiger partial charge in [-0.15, -0.1) is 11.3 Å². The lowest BCUT2D eigenvalue weighted by atomic mass is 10.1. The molecule has 0 atom stereocenters. The summed E-state index contributed by atoms with van der Waals surface area (Å²) in [5.41, 5.74) is 2.95. The van der Waals surface area contributed by atoms with E-state index in [0.29, 0.717) is 0 Å². The quantitative estimate of drug-likeness (QED) is 0.724. The Hall–Kier alpha value is -2.24. The SMILES string of the molecule is Cc1ccccc1C(=O)N1CCN(Cc2nc3ccccc3s2)CC1. The van der Waals surface area contributed by atoms with E-state index in [1.807, 2.05) is 42.2 Å². The maximum atomic E-state index is 12.7. The molecular weight excluding hydrogens is 330 g/mol. The van der Waals surface area contributed by atoms with E-state index in [1.165, 1.54) is 4.70 Å². The smallest absolute Gasteiger partial charge is 0.254 e. The summed E-state index contributed by atoms with van der Waals surface area (Å²) in [6.07, 6.45) is 0. The Balaban J connectivity index is 1.38. The van der Waals surface area contributed by atoms with Gasteiger partial charge in [0.15, 0.2) is 0 Å². The van der Waals surface area contributed by atoms with Gasteiger partial charge in [0.2, 0.25) is 0 Å². The van der Waals surface area contributed by atoms with Crippen LogP contribution in [0.15, 0.2) is 48.5 Å². The van der Waals surface area contributed by atoms with Crippen molar-refractivity contribution in [2.45, 2.75) is 13.5 Å². The van der Waals surface area contributed by atoms with E-state index in [-0.39, 0.29) is 5.91 Å². The monoisotopic (exact) mass is 351 g/mol. The highest BCUT2D eigenvalue weighted by Crippen LogP contribution is 2.23. The van der Waals surface area contributed by atoms with E-state index in [9.17, 15) is 4.79 Å². The second-order valence-electron chi connectivity index (χ2n) is 6.46. The van der Waals surface area contributed by atoms with Crippen LogP contribution in [0.3, 0.4) is 0 Å². The number of fused-ring (bicyclic) bond motifs is 1. The molecular formula is C20H21N3OS. The Morgan fingerprint density at radius 2 is 1.76 bits per heavy atom. The number of carbonyl (C=O) groups excluding carboxylic acids is 1. The van der Waals surface area contributed by atoms with E-state index in [0.717, 1.165) is 54.4 Å². The molecule has 0 aliphatic carbocycles. The van der Waals surface area contributed by atoms with Crippen LogP contribution in [0.5, 0.6) is 0 Å². The fourth-order valence-corrected chi connectivity index (χ4v) is 4.28. The maximum absolute atomic E-state index is 12.7. The van der Waals surface area contributed by atoms with Crippen molar-refractivity contribution in [2.75, 3.05) is 26.2 Å². The molecule has 2 aromatic carbocycles. The minimum Gasteiger partial charge on any atom is -0.336 e. The fraction of sp³-hybridized carbons (Fsp3) is 0.300. The number of rotatable bonds is 3. The zero-order valence-electron chi connectivity index (χ0n) is 14.3. The van der Waals surface area contributed by atoms with Crippen LogP contribution in [0.25, 0.3) is 10.2 Å². The van der Waals surface area contributed by atoms with Crippen molar-refractivity contribution in [3.63, 3.8) is 0 Å². The van der Waals surface area contributed by atoms with Crippen molar-refractivity contribution in [1.29, 1.82) is 0 Å². The zero-order valence-corrected chi connectivity index (χ0v) is 15.1. The summed E-state index contributed by atoms with van der Waals surface area (Å²) in [4.78, 5) is 21.8. The summed E-state index contributed by atoms with van der Waals surface area (Å²) in [5, 5.41) is 1.15. The normalized spacial score (nSPS) is 15.6. The van der Waals surface area contributed by atoms with Gasteiger partial charge in [-0.3, -0.25) is 9.69 Å². The minimum atomic E-state index is 0.151. The van der Waals surface area contributed by atoms with Crippen molar-refractivity contribution >= 4 is 27.5 Å². The predicted octanol–water partition coefficient (Wildman–Crippen LogP) is 3.56. The first-order chi connectivity index (χ1) is 12.2. The molecule has 4 nitrogen and oxygen atoms in total. The molecule has 1 saturated heterocycles. The Kier molecular flexibility index (Phi) is 4.51. The lowest BCUT2D eigenvalue weighted by Crippen LogP contribution is -2.48. The first-order valence-electron chi connectivity index (χ1n) is 8.62. The van der Waals surface area contributed by atoms with Crippen LogP contribution in [-0.2, 0) is 6.54 Å². The lowest BCUT2D eigenvalue weighted by molar-refractivity contribution is 0.0628. The molecule has 0 spiro atoms. The molecule has 4 rings (SSSR count). The number of nitrogens with zero attached hydrogens (tertiary/aromatic N) is 3. The first-order valence-corrected chi connectivity index (χ1v) is 9.44. The van der Waals surface area contributed by atoms with E-state index >= 15 is 0 Å². The standard InChI is InChI=1S/C20H21N3OS/c1-15-6-2-3-7-16(15)20(24)23-12-10-22(11-13-23)14-19-21-17-8-4-5-9-18(17)25-19/h2-9H,10-14H2,1H3. The molecule has 5 heteroatoms. The predicted molar refractivity (Wildman–Crippen MR) is 102 cm³/mol. The van der Waals surface area contributed by atoms with Crippen molar-refractivity contribution in [3.05, 3.63) is 64.7 Å². The molecule has 0 bridgehead atoms. The van der Waals surface area contributed by atoms with Crippen molar-refractivity contribution < 1.29 is 4.79 Å². The number of hydrogen-bond donors (Lipinski definition) is 0. The molecule has 1 fully saturated rings. The molecule has 0 radical (unpaired) electrons. The molecule has 0 saturated carbocycles. The van der Waals surface area contributed by atoms with Gasteiger partial charge in [0.1, 0.15) is 5.01 Å². The van der Waals surface area contributed by atoms with Gasteiger partial charge in [-0.05, 0) is 30.7 Å². The topological polar surface area (TPSA) is 36.4 Å².